The molecule has 1 aromatic carbocycles. The summed E-state index contributed by atoms with van der Waals surface area (Å²) < 4.78 is 0. The molecule has 0 fully saturated rings. The molecule has 0 spiro atoms. The van der Waals surface area contributed by atoms with Gasteiger partial charge in [0.25, 0.3) is 0 Å². The molecule has 0 bridgehead atoms. The second kappa shape index (κ2) is 8.01. The molecular formula is C13H17ClN2O3S. The van der Waals surface area contributed by atoms with Crippen LogP contribution < -0.4 is 10.6 Å². The van der Waals surface area contributed by atoms with Crippen LogP contribution in [0.25, 0.3) is 0 Å². The largest absolute Gasteiger partial charge is 0.478 e. The third-order valence-corrected chi connectivity index (χ3v) is 3.63. The van der Waals surface area contributed by atoms with E-state index in [-0.39, 0.29) is 17.3 Å². The fourth-order valence-electron chi connectivity index (χ4n) is 1.61. The van der Waals surface area contributed by atoms with E-state index in [1.165, 1.54) is 18.2 Å². The molecule has 20 heavy (non-hydrogen) atoms. The number of carbonyl (C=O) groups is 2. The SMILES string of the molecule is CCC(CSC)NC(=O)Nc1cc(Cl)ccc1C(=O)O. The molecule has 0 saturated carbocycles. The summed E-state index contributed by atoms with van der Waals surface area (Å²) in [6.07, 6.45) is 2.76. The van der Waals surface area contributed by atoms with Crippen molar-refractivity contribution in [1.82, 2.24) is 5.32 Å². The summed E-state index contributed by atoms with van der Waals surface area (Å²) in [5, 5.41) is 14.8. The lowest BCUT2D eigenvalue weighted by Crippen LogP contribution is -2.39. The lowest BCUT2D eigenvalue weighted by Gasteiger charge is -2.17. The van der Waals surface area contributed by atoms with E-state index < -0.39 is 12.0 Å². The molecule has 5 nitrogen and oxygen atoms in total. The Morgan fingerprint density at radius 2 is 2.15 bits per heavy atom. The number of rotatable bonds is 6. The Morgan fingerprint density at radius 3 is 2.70 bits per heavy atom. The lowest BCUT2D eigenvalue weighted by molar-refractivity contribution is 0.0698. The molecule has 0 saturated heterocycles. The Labute approximate surface area is 127 Å². The van der Waals surface area contributed by atoms with Crippen LogP contribution in [0.4, 0.5) is 10.5 Å². The Kier molecular flexibility index (Phi) is 6.67. The predicted octanol–water partition coefficient (Wildman–Crippen LogP) is 3.30. The number of thioether (sulfide) groups is 1. The van der Waals surface area contributed by atoms with Crippen molar-refractivity contribution in [2.75, 3.05) is 17.3 Å². The van der Waals surface area contributed by atoms with Crippen LogP contribution in [0.1, 0.15) is 23.7 Å². The van der Waals surface area contributed by atoms with Gasteiger partial charge in [0.15, 0.2) is 0 Å². The third-order valence-electron chi connectivity index (χ3n) is 2.66. The molecule has 1 aromatic rings. The monoisotopic (exact) mass is 316 g/mol. The van der Waals surface area contributed by atoms with Crippen LogP contribution in [0.2, 0.25) is 5.02 Å². The van der Waals surface area contributed by atoms with Crippen molar-refractivity contribution in [3.05, 3.63) is 28.8 Å². The zero-order chi connectivity index (χ0) is 15.1. The van der Waals surface area contributed by atoms with Gasteiger partial charge < -0.3 is 15.7 Å². The number of carbonyl (C=O) groups excluding carboxylic acids is 1. The van der Waals surface area contributed by atoms with Gasteiger partial charge in [-0.05, 0) is 30.9 Å². The molecule has 0 heterocycles. The quantitative estimate of drug-likeness (QED) is 0.752. The first-order chi connectivity index (χ1) is 9.47. The van der Waals surface area contributed by atoms with Gasteiger partial charge in [-0.25, -0.2) is 9.59 Å². The topological polar surface area (TPSA) is 78.4 Å². The first-order valence-electron chi connectivity index (χ1n) is 6.07. The smallest absolute Gasteiger partial charge is 0.337 e. The fraction of sp³-hybridized carbons (Fsp3) is 0.385. The van der Waals surface area contributed by atoms with Gasteiger partial charge in [0.1, 0.15) is 0 Å². The minimum Gasteiger partial charge on any atom is -0.478 e. The number of halogens is 1. The second-order valence-electron chi connectivity index (χ2n) is 4.15. The van der Waals surface area contributed by atoms with Crippen molar-refractivity contribution >= 4 is 41.1 Å². The molecule has 3 N–H and O–H groups in total. The summed E-state index contributed by atoms with van der Waals surface area (Å²) in [5.74, 6) is -0.321. The van der Waals surface area contributed by atoms with E-state index in [9.17, 15) is 9.59 Å². The van der Waals surface area contributed by atoms with E-state index in [0.29, 0.717) is 5.02 Å². The van der Waals surface area contributed by atoms with Gasteiger partial charge in [-0.3, -0.25) is 0 Å². The highest BCUT2D eigenvalue weighted by molar-refractivity contribution is 7.98. The number of anilines is 1. The normalized spacial score (nSPS) is 11.8. The highest BCUT2D eigenvalue weighted by Gasteiger charge is 2.15. The Balaban J connectivity index is 2.79. The van der Waals surface area contributed by atoms with E-state index in [2.05, 4.69) is 10.6 Å². The van der Waals surface area contributed by atoms with Crippen molar-refractivity contribution in [3.63, 3.8) is 0 Å². The van der Waals surface area contributed by atoms with E-state index in [4.69, 9.17) is 16.7 Å². The standard InChI is InChI=1S/C13H17ClN2O3S/c1-3-9(7-20-2)15-13(19)16-11-6-8(14)4-5-10(11)12(17)18/h4-6,9H,3,7H2,1-2H3,(H,17,18)(H2,15,16,19). The molecule has 7 heteroatoms. The Morgan fingerprint density at radius 1 is 1.45 bits per heavy atom. The van der Waals surface area contributed by atoms with Gasteiger partial charge in [-0.15, -0.1) is 0 Å². The Hall–Kier alpha value is -1.40. The number of aromatic carboxylic acids is 1. The number of carboxylic acids is 1. The summed E-state index contributed by atoms with van der Waals surface area (Å²) >= 11 is 7.46. The van der Waals surface area contributed by atoms with Gasteiger partial charge in [0.2, 0.25) is 0 Å². The van der Waals surface area contributed by atoms with Crippen molar-refractivity contribution in [1.29, 1.82) is 0 Å². The Bertz CT molecular complexity index is 497. The summed E-state index contributed by atoms with van der Waals surface area (Å²) in [4.78, 5) is 23.0. The average Bonchev–Trinajstić information content (AvgIpc) is 2.37. The number of benzene rings is 1. The zero-order valence-corrected chi connectivity index (χ0v) is 12.8. The molecule has 2 amide bonds. The summed E-state index contributed by atoms with van der Waals surface area (Å²) in [5.41, 5.74) is 0.184. The first kappa shape index (κ1) is 16.7. The molecule has 0 radical (unpaired) electrons. The van der Waals surface area contributed by atoms with Crippen molar-refractivity contribution in [2.45, 2.75) is 19.4 Å². The van der Waals surface area contributed by atoms with Crippen LogP contribution in [0.5, 0.6) is 0 Å². The molecule has 1 rings (SSSR count). The zero-order valence-electron chi connectivity index (χ0n) is 11.3. The number of nitrogens with one attached hydrogen (secondary N) is 2. The van der Waals surface area contributed by atoms with Crippen LogP contribution in [-0.2, 0) is 0 Å². The number of hydrogen-bond donors (Lipinski definition) is 3. The molecule has 1 atom stereocenters. The maximum atomic E-state index is 11.9. The molecule has 110 valence electrons. The van der Waals surface area contributed by atoms with E-state index >= 15 is 0 Å². The first-order valence-corrected chi connectivity index (χ1v) is 7.84. The molecule has 0 aliphatic carbocycles. The molecule has 0 aromatic heterocycles. The van der Waals surface area contributed by atoms with Crippen molar-refractivity contribution in [3.8, 4) is 0 Å². The van der Waals surface area contributed by atoms with Crippen molar-refractivity contribution in [2.24, 2.45) is 0 Å². The van der Waals surface area contributed by atoms with Gasteiger partial charge in [-0.2, -0.15) is 11.8 Å². The van der Waals surface area contributed by atoms with Gasteiger partial charge in [-0.1, -0.05) is 18.5 Å². The van der Waals surface area contributed by atoms with E-state index in [1.54, 1.807) is 11.8 Å². The fourth-order valence-corrected chi connectivity index (χ4v) is 2.51. The van der Waals surface area contributed by atoms with Gasteiger partial charge >= 0.3 is 12.0 Å². The van der Waals surface area contributed by atoms with Gasteiger partial charge in [0.05, 0.1) is 11.3 Å². The predicted molar refractivity (Wildman–Crippen MR) is 83.0 cm³/mol. The van der Waals surface area contributed by atoms with E-state index in [0.717, 1.165) is 12.2 Å². The number of carboxylic acid groups (broad SMARTS) is 1. The minimum atomic E-state index is -1.12. The van der Waals surface area contributed by atoms with Crippen LogP contribution in [0.15, 0.2) is 18.2 Å². The maximum Gasteiger partial charge on any atom is 0.337 e. The van der Waals surface area contributed by atoms with Crippen molar-refractivity contribution < 1.29 is 14.7 Å². The molecule has 0 aliphatic heterocycles. The maximum absolute atomic E-state index is 11.9. The van der Waals surface area contributed by atoms with Crippen LogP contribution >= 0.6 is 23.4 Å². The second-order valence-corrected chi connectivity index (χ2v) is 5.50. The lowest BCUT2D eigenvalue weighted by atomic mass is 10.2. The molecular weight excluding hydrogens is 300 g/mol. The minimum absolute atomic E-state index is 0.00228. The van der Waals surface area contributed by atoms with Crippen LogP contribution in [-0.4, -0.2) is 35.2 Å². The summed E-state index contributed by atoms with van der Waals surface area (Å²) in [6.45, 7) is 1.98. The highest BCUT2D eigenvalue weighted by Crippen LogP contribution is 2.21. The summed E-state index contributed by atoms with van der Waals surface area (Å²) in [6, 6.07) is 3.85. The number of urea groups is 1. The molecule has 1 unspecified atom stereocenters. The third kappa shape index (κ3) is 4.94. The number of hydrogen-bond acceptors (Lipinski definition) is 3. The van der Waals surface area contributed by atoms with Crippen LogP contribution in [0, 0.1) is 0 Å². The van der Waals surface area contributed by atoms with Crippen LogP contribution in [0.3, 0.4) is 0 Å². The van der Waals surface area contributed by atoms with E-state index in [1.807, 2.05) is 13.2 Å². The summed E-state index contributed by atoms with van der Waals surface area (Å²) in [7, 11) is 0. The number of amides is 2. The van der Waals surface area contributed by atoms with Gasteiger partial charge in [0, 0.05) is 16.8 Å². The molecule has 0 aliphatic rings. The highest BCUT2D eigenvalue weighted by atomic mass is 35.5. The average molecular weight is 317 g/mol.